The second-order valence-corrected chi connectivity index (χ2v) is 17.4. The molecule has 0 aliphatic carbocycles. The number of ether oxygens (including phenoxy) is 2. The first kappa shape index (κ1) is 39.3. The highest BCUT2D eigenvalue weighted by Gasteiger charge is 2.58. The fraction of sp³-hybridized carbons (Fsp3) is 0.115. The van der Waals surface area contributed by atoms with Gasteiger partial charge in [-0.2, -0.15) is 10.2 Å². The number of rotatable bonds is 4. The molecular weight excluding hydrogens is 825 g/mol. The third-order valence-corrected chi connectivity index (χ3v) is 12.6. The molecular formula is C52H38N4O9. The molecule has 0 bridgehead atoms. The third-order valence-electron chi connectivity index (χ3n) is 12.6. The van der Waals surface area contributed by atoms with Crippen molar-refractivity contribution >= 4 is 24.2 Å². The number of hydrogen-bond acceptors (Lipinski definition) is 11. The number of hydrazone groups is 2. The zero-order valence-electron chi connectivity index (χ0n) is 35.0. The molecule has 320 valence electrons. The van der Waals surface area contributed by atoms with Crippen LogP contribution in [-0.2, 0) is 16.5 Å². The number of fused-ring (bicyclic) bond motifs is 12. The van der Waals surface area contributed by atoms with Gasteiger partial charge in [0.15, 0.2) is 0 Å². The number of amides is 2. The molecule has 7 aromatic rings. The summed E-state index contributed by atoms with van der Waals surface area (Å²) >= 11 is 0. The lowest BCUT2D eigenvalue weighted by molar-refractivity contribution is 0.0667. The summed E-state index contributed by atoms with van der Waals surface area (Å²) in [5.41, 5.74) is 1.88. The highest BCUT2D eigenvalue weighted by atomic mass is 16.5. The zero-order valence-corrected chi connectivity index (χ0v) is 35.0. The van der Waals surface area contributed by atoms with Gasteiger partial charge >= 0.3 is 0 Å². The van der Waals surface area contributed by atoms with Gasteiger partial charge in [-0.1, -0.05) is 57.2 Å². The van der Waals surface area contributed by atoms with Crippen LogP contribution in [0.4, 0.5) is 0 Å². The fourth-order valence-corrected chi connectivity index (χ4v) is 9.70. The molecule has 0 fully saturated rings. The highest BCUT2D eigenvalue weighted by molar-refractivity contribution is 6.04. The van der Waals surface area contributed by atoms with Crippen LogP contribution in [0.25, 0.3) is 0 Å². The van der Waals surface area contributed by atoms with Gasteiger partial charge in [0.05, 0.1) is 12.4 Å². The van der Waals surface area contributed by atoms with Gasteiger partial charge in [-0.15, -0.1) is 0 Å². The molecule has 4 heterocycles. The second kappa shape index (κ2) is 13.7. The summed E-state index contributed by atoms with van der Waals surface area (Å²) in [6.07, 6.45) is 2.82. The molecule has 0 saturated heterocycles. The molecule has 11 rings (SSSR count). The summed E-state index contributed by atoms with van der Waals surface area (Å²) in [5, 5.41) is 66.9. The Morgan fingerprint density at radius 1 is 0.477 bits per heavy atom. The maximum Gasteiger partial charge on any atom is 0.275 e. The van der Waals surface area contributed by atoms with Gasteiger partial charge in [0.25, 0.3) is 11.8 Å². The van der Waals surface area contributed by atoms with E-state index in [0.717, 1.165) is 5.56 Å². The van der Waals surface area contributed by atoms with Crippen LogP contribution in [0.15, 0.2) is 144 Å². The fourth-order valence-electron chi connectivity index (χ4n) is 9.70. The lowest BCUT2D eigenvalue weighted by atomic mass is 9.75. The van der Waals surface area contributed by atoms with Crippen molar-refractivity contribution in [3.63, 3.8) is 0 Å². The van der Waals surface area contributed by atoms with E-state index in [2.05, 4.69) is 0 Å². The number of hydrogen-bond donors (Lipinski definition) is 5. The molecule has 4 aliphatic heterocycles. The van der Waals surface area contributed by atoms with E-state index < -0.39 is 28.3 Å². The minimum Gasteiger partial charge on any atom is -0.508 e. The van der Waals surface area contributed by atoms with Gasteiger partial charge < -0.3 is 35.0 Å². The number of carbonyl (C=O) groups is 2. The van der Waals surface area contributed by atoms with E-state index in [1.165, 1.54) is 71.0 Å². The predicted molar refractivity (Wildman–Crippen MR) is 240 cm³/mol. The van der Waals surface area contributed by atoms with Crippen LogP contribution in [0.1, 0.15) is 91.6 Å². The first-order valence-electron chi connectivity index (χ1n) is 20.7. The molecule has 65 heavy (non-hydrogen) atoms. The van der Waals surface area contributed by atoms with E-state index >= 15 is 0 Å². The van der Waals surface area contributed by atoms with Crippen molar-refractivity contribution in [2.75, 3.05) is 0 Å². The molecule has 0 atom stereocenters. The number of carbonyl (C=O) groups excluding carboxylic acids is 2. The molecule has 0 saturated carbocycles. The predicted octanol–water partition coefficient (Wildman–Crippen LogP) is 9.29. The quantitative estimate of drug-likeness (QED) is 0.108. The Morgan fingerprint density at radius 2 is 0.815 bits per heavy atom. The first-order chi connectivity index (χ1) is 31.2. The van der Waals surface area contributed by atoms with Crippen molar-refractivity contribution in [2.24, 2.45) is 10.2 Å². The van der Waals surface area contributed by atoms with Crippen molar-refractivity contribution in [3.8, 4) is 51.7 Å². The largest absolute Gasteiger partial charge is 0.508 e. The van der Waals surface area contributed by atoms with Crippen LogP contribution >= 0.6 is 0 Å². The van der Waals surface area contributed by atoms with Gasteiger partial charge in [0, 0.05) is 79.9 Å². The van der Waals surface area contributed by atoms with Crippen LogP contribution in [-0.4, -0.2) is 59.8 Å². The molecule has 4 aliphatic rings. The molecule has 13 heteroatoms. The Hall–Kier alpha value is -8.58. The first-order valence-corrected chi connectivity index (χ1v) is 20.7. The molecule has 0 radical (unpaired) electrons. The molecule has 0 aromatic heterocycles. The normalized spacial score (nSPS) is 16.0. The Morgan fingerprint density at radius 3 is 1.15 bits per heavy atom. The second-order valence-electron chi connectivity index (χ2n) is 17.4. The Labute approximate surface area is 371 Å². The Balaban J connectivity index is 1.08. The third kappa shape index (κ3) is 5.51. The van der Waals surface area contributed by atoms with E-state index in [0.29, 0.717) is 44.5 Å². The number of benzene rings is 7. The minimum atomic E-state index is -1.43. The summed E-state index contributed by atoms with van der Waals surface area (Å²) in [4.78, 5) is 29.3. The lowest BCUT2D eigenvalue weighted by Crippen LogP contribution is -2.44. The number of phenolic OH excluding ortho intramolecular Hbond substituents is 5. The summed E-state index contributed by atoms with van der Waals surface area (Å²) in [6.45, 7) is 6.02. The van der Waals surface area contributed by atoms with Crippen LogP contribution in [0.5, 0.6) is 51.7 Å². The average molecular weight is 863 g/mol. The summed E-state index contributed by atoms with van der Waals surface area (Å²) in [5.74, 6) is -0.385. The molecule has 5 N–H and O–H groups in total. The van der Waals surface area contributed by atoms with Crippen molar-refractivity contribution < 1.29 is 44.6 Å². The topological polar surface area (TPSA) is 185 Å². The van der Waals surface area contributed by atoms with Crippen molar-refractivity contribution in [2.45, 2.75) is 37.3 Å². The van der Waals surface area contributed by atoms with Gasteiger partial charge in [0.2, 0.25) is 0 Å². The van der Waals surface area contributed by atoms with E-state index in [-0.39, 0.29) is 62.9 Å². The van der Waals surface area contributed by atoms with Crippen molar-refractivity contribution in [1.82, 2.24) is 10.0 Å². The molecule has 0 unspecified atom stereocenters. The van der Waals surface area contributed by atoms with Crippen LogP contribution in [0.3, 0.4) is 0 Å². The van der Waals surface area contributed by atoms with Crippen LogP contribution < -0.4 is 9.47 Å². The van der Waals surface area contributed by atoms with E-state index in [1.54, 1.807) is 60.7 Å². The Bertz CT molecular complexity index is 2990. The van der Waals surface area contributed by atoms with Crippen molar-refractivity contribution in [3.05, 3.63) is 195 Å². The summed E-state index contributed by atoms with van der Waals surface area (Å²) < 4.78 is 12.5. The van der Waals surface area contributed by atoms with Gasteiger partial charge in [0.1, 0.15) is 62.8 Å². The van der Waals surface area contributed by atoms with Crippen LogP contribution in [0.2, 0.25) is 0 Å². The number of nitrogens with zero attached hydrogens (tertiary/aromatic N) is 4. The smallest absolute Gasteiger partial charge is 0.275 e. The number of phenols is 5. The van der Waals surface area contributed by atoms with Gasteiger partial charge in [-0.05, 0) is 83.8 Å². The lowest BCUT2D eigenvalue weighted by Gasteiger charge is -2.41. The SMILES string of the molecule is CC(C)(C)c1cc(/C=N/N2C(=O)c3ccccc3C23c2ccc(O)cc2Oc2cc(O)ccc23)c(O)c(/C=N/N2C(=O)c3ccccc3C23c2ccc(O)cc2Oc2cc(O)ccc23)c1. The van der Waals surface area contributed by atoms with E-state index in [4.69, 9.17) is 19.7 Å². The maximum atomic E-state index is 14.7. The average Bonchev–Trinajstić information content (AvgIpc) is 3.66. The highest BCUT2D eigenvalue weighted by Crippen LogP contribution is 2.60. The molecule has 2 spiro atoms. The van der Waals surface area contributed by atoms with Gasteiger partial charge in [-0.25, -0.2) is 10.0 Å². The maximum absolute atomic E-state index is 14.7. The summed E-state index contributed by atoms with van der Waals surface area (Å²) in [6, 6.07) is 36.3. The van der Waals surface area contributed by atoms with E-state index in [1.807, 2.05) is 45.0 Å². The summed E-state index contributed by atoms with van der Waals surface area (Å²) in [7, 11) is 0. The van der Waals surface area contributed by atoms with Crippen molar-refractivity contribution in [1.29, 1.82) is 0 Å². The zero-order chi connectivity index (χ0) is 45.2. The molecule has 13 nitrogen and oxygen atoms in total. The standard InChI is InChI=1S/C52H38N4O9/c1-50(2,3)30-20-28(26-53-55-48(62)35-8-4-6-10-37(35)51(55)39-16-12-31(57)22-43(39)64-44-23-32(58)13-17-40(44)51)47(61)29(21-30)27-54-56-49(63)36-9-5-7-11-38(36)52(56)41-18-14-33(59)24-45(41)65-46-25-34(60)15-19-42(46)52/h4-27,57-61H,1-3H3/b53-26+,54-27+. The monoisotopic (exact) mass is 862 g/mol. The molecule has 7 aromatic carbocycles. The molecule has 2 amide bonds. The van der Waals surface area contributed by atoms with Crippen LogP contribution in [0, 0.1) is 0 Å². The Kier molecular flexibility index (Phi) is 8.28. The van der Waals surface area contributed by atoms with E-state index in [9.17, 15) is 35.1 Å². The van der Waals surface area contributed by atoms with Gasteiger partial charge in [-0.3, -0.25) is 9.59 Å². The number of aromatic hydroxyl groups is 5. The minimum absolute atomic E-state index is 0.0671.